The van der Waals surface area contributed by atoms with Crippen LogP contribution >= 0.6 is 15.9 Å². The second-order valence-electron chi connectivity index (χ2n) is 3.94. The van der Waals surface area contributed by atoms with Crippen molar-refractivity contribution in [2.45, 2.75) is 0 Å². The van der Waals surface area contributed by atoms with Crippen molar-refractivity contribution in [2.24, 2.45) is 0 Å². The van der Waals surface area contributed by atoms with E-state index in [9.17, 15) is 9.59 Å². The predicted molar refractivity (Wildman–Crippen MR) is 72.7 cm³/mol. The lowest BCUT2D eigenvalue weighted by Gasteiger charge is -2.17. The zero-order valence-corrected chi connectivity index (χ0v) is 11.6. The van der Waals surface area contributed by atoms with Crippen molar-refractivity contribution in [1.29, 1.82) is 0 Å². The molecule has 0 radical (unpaired) electrons. The third-order valence-corrected chi connectivity index (χ3v) is 2.94. The molecule has 3 heterocycles. The highest BCUT2D eigenvalue weighted by Gasteiger charge is 2.18. The van der Waals surface area contributed by atoms with Crippen LogP contribution in [0.15, 0.2) is 33.4 Å². The first-order valence-corrected chi connectivity index (χ1v) is 6.41. The summed E-state index contributed by atoms with van der Waals surface area (Å²) in [5, 5.41) is 5.13. The molecule has 0 saturated carbocycles. The minimum absolute atomic E-state index is 0.0409. The van der Waals surface area contributed by atoms with Crippen molar-refractivity contribution in [3.8, 4) is 5.75 Å². The van der Waals surface area contributed by atoms with Gasteiger partial charge in [0.25, 0.3) is 11.8 Å². The van der Waals surface area contributed by atoms with Crippen molar-refractivity contribution in [1.82, 2.24) is 4.98 Å². The lowest BCUT2D eigenvalue weighted by Crippen LogP contribution is -2.26. The van der Waals surface area contributed by atoms with Crippen LogP contribution < -0.4 is 15.4 Å². The van der Waals surface area contributed by atoms with E-state index in [1.54, 1.807) is 18.2 Å². The lowest BCUT2D eigenvalue weighted by molar-refractivity contribution is -0.118. The maximum atomic E-state index is 11.9. The summed E-state index contributed by atoms with van der Waals surface area (Å²) in [6, 6.07) is 6.34. The molecule has 102 valence electrons. The highest BCUT2D eigenvalue weighted by Crippen LogP contribution is 2.27. The van der Waals surface area contributed by atoms with E-state index in [1.807, 2.05) is 0 Å². The molecule has 0 atom stereocenters. The Morgan fingerprint density at radius 1 is 1.35 bits per heavy atom. The molecule has 0 spiro atoms. The minimum atomic E-state index is -0.439. The maximum absolute atomic E-state index is 11.9. The number of rotatable bonds is 2. The van der Waals surface area contributed by atoms with Crippen molar-refractivity contribution >= 4 is 39.4 Å². The Morgan fingerprint density at radius 3 is 2.95 bits per heavy atom. The normalized spacial score (nSPS) is 13.2. The molecule has 0 unspecified atom stereocenters. The molecule has 0 bridgehead atoms. The van der Waals surface area contributed by atoms with Gasteiger partial charge in [0, 0.05) is 0 Å². The number of ether oxygens (including phenoxy) is 1. The van der Waals surface area contributed by atoms with Crippen molar-refractivity contribution in [2.75, 3.05) is 17.2 Å². The first-order chi connectivity index (χ1) is 9.61. The molecular formula is C12H8BrN3O4. The van der Waals surface area contributed by atoms with Gasteiger partial charge in [-0.2, -0.15) is 0 Å². The molecule has 20 heavy (non-hydrogen) atoms. The van der Waals surface area contributed by atoms with Gasteiger partial charge in [0.2, 0.25) is 0 Å². The number of hydrogen-bond donors (Lipinski definition) is 2. The molecule has 0 fully saturated rings. The van der Waals surface area contributed by atoms with E-state index in [0.29, 0.717) is 10.4 Å². The molecule has 0 aliphatic carbocycles. The number of carbonyl (C=O) groups excluding carboxylic acids is 2. The number of anilines is 2. The average molecular weight is 338 g/mol. The van der Waals surface area contributed by atoms with Crippen LogP contribution in [0.25, 0.3) is 0 Å². The van der Waals surface area contributed by atoms with Gasteiger partial charge in [-0.3, -0.25) is 9.59 Å². The SMILES string of the molecule is O=C1COc2ccc(NC(=O)c3ccc(Br)o3)nc2N1. The Labute approximate surface area is 121 Å². The fourth-order valence-corrected chi connectivity index (χ4v) is 1.95. The number of halogens is 1. The Hall–Kier alpha value is -2.35. The summed E-state index contributed by atoms with van der Waals surface area (Å²) in [5.41, 5.74) is 0. The predicted octanol–water partition coefficient (Wildman–Crippen LogP) is 2.02. The van der Waals surface area contributed by atoms with E-state index >= 15 is 0 Å². The molecule has 8 heteroatoms. The van der Waals surface area contributed by atoms with Crippen molar-refractivity contribution < 1.29 is 18.7 Å². The zero-order chi connectivity index (χ0) is 14.1. The molecule has 2 N–H and O–H groups in total. The molecule has 3 rings (SSSR count). The largest absolute Gasteiger partial charge is 0.480 e. The van der Waals surface area contributed by atoms with Gasteiger partial charge >= 0.3 is 0 Å². The third kappa shape index (κ3) is 2.50. The third-order valence-electron chi connectivity index (χ3n) is 2.51. The number of furan rings is 1. The van der Waals surface area contributed by atoms with Gasteiger partial charge in [0.05, 0.1) is 0 Å². The Kier molecular flexibility index (Phi) is 3.15. The molecule has 0 aromatic carbocycles. The summed E-state index contributed by atoms with van der Waals surface area (Å²) in [4.78, 5) is 27.2. The molecular weight excluding hydrogens is 330 g/mol. The van der Waals surface area contributed by atoms with Gasteiger partial charge in [-0.25, -0.2) is 4.98 Å². The number of hydrogen-bond acceptors (Lipinski definition) is 5. The second-order valence-corrected chi connectivity index (χ2v) is 4.72. The summed E-state index contributed by atoms with van der Waals surface area (Å²) in [6.45, 7) is -0.0409. The van der Waals surface area contributed by atoms with E-state index in [2.05, 4.69) is 31.5 Å². The number of aromatic nitrogens is 1. The Bertz CT molecular complexity index is 698. The maximum Gasteiger partial charge on any atom is 0.292 e. The van der Waals surface area contributed by atoms with Crippen LogP contribution in [-0.2, 0) is 4.79 Å². The highest BCUT2D eigenvalue weighted by atomic mass is 79.9. The molecule has 0 saturated heterocycles. The molecule has 2 aromatic rings. The number of pyridine rings is 1. The molecule has 2 amide bonds. The smallest absolute Gasteiger partial charge is 0.292 e. The summed E-state index contributed by atoms with van der Waals surface area (Å²) in [6.07, 6.45) is 0. The second kappa shape index (κ2) is 4.97. The Morgan fingerprint density at radius 2 is 2.20 bits per heavy atom. The topological polar surface area (TPSA) is 93.5 Å². The molecule has 1 aliphatic rings. The number of nitrogens with one attached hydrogen (secondary N) is 2. The number of fused-ring (bicyclic) bond motifs is 1. The van der Waals surface area contributed by atoms with Crippen LogP contribution in [0.3, 0.4) is 0 Å². The fourth-order valence-electron chi connectivity index (χ4n) is 1.65. The van der Waals surface area contributed by atoms with Gasteiger partial charge in [-0.05, 0) is 40.2 Å². The molecule has 7 nitrogen and oxygen atoms in total. The number of amides is 2. The first kappa shape index (κ1) is 12.7. The first-order valence-electron chi connectivity index (χ1n) is 5.62. The minimum Gasteiger partial charge on any atom is -0.480 e. The standard InChI is InChI=1S/C12H8BrN3O4/c13-8-3-1-7(20-8)12(18)15-9-4-2-6-11(14-9)16-10(17)5-19-6/h1-4H,5H2,(H2,14,15,16,17,18). The van der Waals surface area contributed by atoms with Gasteiger partial charge in [0.1, 0.15) is 5.82 Å². The van der Waals surface area contributed by atoms with Crippen LogP contribution in [0.4, 0.5) is 11.6 Å². The van der Waals surface area contributed by atoms with Gasteiger partial charge in [0.15, 0.2) is 28.6 Å². The summed E-state index contributed by atoms with van der Waals surface area (Å²) < 4.78 is 10.8. The van der Waals surface area contributed by atoms with Crippen LogP contribution in [0.2, 0.25) is 0 Å². The fraction of sp³-hybridized carbons (Fsp3) is 0.0833. The Balaban J connectivity index is 1.80. The van der Waals surface area contributed by atoms with Crippen molar-refractivity contribution in [3.05, 3.63) is 34.7 Å². The van der Waals surface area contributed by atoms with E-state index in [0.717, 1.165) is 0 Å². The zero-order valence-electron chi connectivity index (χ0n) is 9.97. The van der Waals surface area contributed by atoms with Crippen LogP contribution in [-0.4, -0.2) is 23.4 Å². The summed E-state index contributed by atoms with van der Waals surface area (Å²) in [7, 11) is 0. The quantitative estimate of drug-likeness (QED) is 0.874. The lowest BCUT2D eigenvalue weighted by atomic mass is 10.3. The van der Waals surface area contributed by atoms with E-state index in [4.69, 9.17) is 9.15 Å². The summed E-state index contributed by atoms with van der Waals surface area (Å²) >= 11 is 3.12. The van der Waals surface area contributed by atoms with Crippen LogP contribution in [0.1, 0.15) is 10.6 Å². The average Bonchev–Trinajstić information content (AvgIpc) is 2.85. The van der Waals surface area contributed by atoms with E-state index in [1.165, 1.54) is 6.07 Å². The van der Waals surface area contributed by atoms with Gasteiger partial charge in [-0.15, -0.1) is 0 Å². The number of carbonyl (C=O) groups is 2. The van der Waals surface area contributed by atoms with Crippen LogP contribution in [0.5, 0.6) is 5.75 Å². The van der Waals surface area contributed by atoms with Gasteiger partial charge < -0.3 is 19.8 Å². The molecule has 2 aromatic heterocycles. The van der Waals surface area contributed by atoms with Crippen molar-refractivity contribution in [3.63, 3.8) is 0 Å². The molecule has 1 aliphatic heterocycles. The summed E-state index contributed by atoms with van der Waals surface area (Å²) in [5.74, 6) is 0.446. The van der Waals surface area contributed by atoms with E-state index in [-0.39, 0.29) is 29.9 Å². The van der Waals surface area contributed by atoms with E-state index < -0.39 is 5.91 Å². The van der Waals surface area contributed by atoms with Crippen LogP contribution in [0, 0.1) is 0 Å². The monoisotopic (exact) mass is 337 g/mol. The van der Waals surface area contributed by atoms with Gasteiger partial charge in [-0.1, -0.05) is 0 Å². The number of nitrogens with zero attached hydrogens (tertiary/aromatic N) is 1. The highest BCUT2D eigenvalue weighted by molar-refractivity contribution is 9.10.